The van der Waals surface area contributed by atoms with Crippen molar-refractivity contribution < 1.29 is 9.21 Å². The number of hydrogen-bond acceptors (Lipinski definition) is 5. The van der Waals surface area contributed by atoms with Crippen LogP contribution in [0.5, 0.6) is 0 Å². The fraction of sp³-hybridized carbons (Fsp3) is 0.211. The SMILES string of the molecule is Cc1ccc(NC(=O)CSc2nncn3c2cc2oc(C)cc23)c(C)c1. The van der Waals surface area contributed by atoms with Crippen LogP contribution in [0.2, 0.25) is 0 Å². The second kappa shape index (κ2) is 6.49. The van der Waals surface area contributed by atoms with Crippen molar-refractivity contribution >= 4 is 40.0 Å². The fourth-order valence-electron chi connectivity index (χ4n) is 2.98. The highest BCUT2D eigenvalue weighted by atomic mass is 32.2. The van der Waals surface area contributed by atoms with Crippen LogP contribution >= 0.6 is 11.8 Å². The zero-order chi connectivity index (χ0) is 18.3. The van der Waals surface area contributed by atoms with Crippen LogP contribution in [0.3, 0.4) is 0 Å². The summed E-state index contributed by atoms with van der Waals surface area (Å²) in [5, 5.41) is 11.9. The molecule has 6 nitrogen and oxygen atoms in total. The second-order valence-electron chi connectivity index (χ2n) is 6.30. The monoisotopic (exact) mass is 366 g/mol. The van der Waals surface area contributed by atoms with E-state index in [0.717, 1.165) is 33.6 Å². The van der Waals surface area contributed by atoms with Crippen molar-refractivity contribution in [3.8, 4) is 0 Å². The molecule has 0 radical (unpaired) electrons. The number of fused-ring (bicyclic) bond motifs is 3. The maximum Gasteiger partial charge on any atom is 0.234 e. The van der Waals surface area contributed by atoms with Crippen LogP contribution in [0, 0.1) is 20.8 Å². The van der Waals surface area contributed by atoms with Gasteiger partial charge >= 0.3 is 0 Å². The van der Waals surface area contributed by atoms with Gasteiger partial charge in [0.1, 0.15) is 17.1 Å². The molecular weight excluding hydrogens is 348 g/mol. The molecule has 132 valence electrons. The minimum absolute atomic E-state index is 0.0724. The molecule has 0 bridgehead atoms. The lowest BCUT2D eigenvalue weighted by Gasteiger charge is -2.09. The van der Waals surface area contributed by atoms with Gasteiger partial charge in [-0.1, -0.05) is 29.5 Å². The van der Waals surface area contributed by atoms with Crippen LogP contribution in [0.25, 0.3) is 16.6 Å². The molecule has 0 aliphatic heterocycles. The Labute approximate surface area is 154 Å². The predicted octanol–water partition coefficient (Wildman–Crippen LogP) is 4.13. The summed E-state index contributed by atoms with van der Waals surface area (Å²) in [5.74, 6) is 1.04. The molecule has 0 aliphatic carbocycles. The van der Waals surface area contributed by atoms with E-state index in [1.807, 2.05) is 55.5 Å². The van der Waals surface area contributed by atoms with Gasteiger partial charge in [0.2, 0.25) is 5.91 Å². The van der Waals surface area contributed by atoms with Gasteiger partial charge < -0.3 is 9.73 Å². The number of carbonyl (C=O) groups is 1. The standard InChI is InChI=1S/C19H18N4O2S/c1-11-4-5-14(12(2)6-11)21-18(24)9-26-19-16-8-17-15(7-13(3)25-17)23(16)10-20-22-19/h4-8,10H,9H2,1-3H3,(H,21,24). The number of furan rings is 1. The summed E-state index contributed by atoms with van der Waals surface area (Å²) < 4.78 is 7.60. The number of aryl methyl sites for hydroxylation is 3. The number of hydrogen-bond donors (Lipinski definition) is 1. The zero-order valence-corrected chi connectivity index (χ0v) is 15.6. The number of anilines is 1. The first-order valence-corrected chi connectivity index (χ1v) is 9.22. The normalized spacial score (nSPS) is 11.3. The molecular formula is C19H18N4O2S. The number of nitrogens with one attached hydrogen (secondary N) is 1. The number of nitrogens with zero attached hydrogens (tertiary/aromatic N) is 3. The highest BCUT2D eigenvalue weighted by molar-refractivity contribution is 8.00. The molecule has 0 spiro atoms. The van der Waals surface area contributed by atoms with Gasteiger partial charge in [-0.05, 0) is 32.4 Å². The summed E-state index contributed by atoms with van der Waals surface area (Å²) in [6, 6.07) is 9.86. The van der Waals surface area contributed by atoms with E-state index in [0.29, 0.717) is 5.03 Å². The topological polar surface area (TPSA) is 72.4 Å². The Morgan fingerprint density at radius 1 is 1.19 bits per heavy atom. The first-order chi connectivity index (χ1) is 12.5. The fourth-order valence-corrected chi connectivity index (χ4v) is 3.73. The first-order valence-electron chi connectivity index (χ1n) is 8.24. The molecule has 1 N–H and O–H groups in total. The lowest BCUT2D eigenvalue weighted by Crippen LogP contribution is -2.15. The number of amides is 1. The van der Waals surface area contributed by atoms with Crippen molar-refractivity contribution in [3.05, 3.63) is 53.5 Å². The van der Waals surface area contributed by atoms with Crippen LogP contribution in [0.4, 0.5) is 5.69 Å². The van der Waals surface area contributed by atoms with Crippen molar-refractivity contribution in [2.45, 2.75) is 25.8 Å². The third-order valence-corrected chi connectivity index (χ3v) is 5.15. The van der Waals surface area contributed by atoms with E-state index in [-0.39, 0.29) is 11.7 Å². The van der Waals surface area contributed by atoms with E-state index >= 15 is 0 Å². The molecule has 0 aliphatic rings. The van der Waals surface area contributed by atoms with Gasteiger partial charge in [0, 0.05) is 17.8 Å². The average molecular weight is 366 g/mol. The molecule has 1 aromatic carbocycles. The van der Waals surface area contributed by atoms with Crippen molar-refractivity contribution in [1.29, 1.82) is 0 Å². The van der Waals surface area contributed by atoms with Crippen LogP contribution in [-0.2, 0) is 4.79 Å². The van der Waals surface area contributed by atoms with E-state index < -0.39 is 0 Å². The highest BCUT2D eigenvalue weighted by Gasteiger charge is 2.14. The number of benzene rings is 1. The van der Waals surface area contributed by atoms with E-state index in [2.05, 4.69) is 15.5 Å². The molecule has 4 rings (SSSR count). The largest absolute Gasteiger partial charge is 0.460 e. The number of thioether (sulfide) groups is 1. The molecule has 1 amide bonds. The number of rotatable bonds is 4. The summed E-state index contributed by atoms with van der Waals surface area (Å²) in [6.45, 7) is 5.93. The summed E-state index contributed by atoms with van der Waals surface area (Å²) >= 11 is 1.36. The minimum atomic E-state index is -0.0724. The van der Waals surface area contributed by atoms with E-state index in [1.54, 1.807) is 6.33 Å². The Morgan fingerprint density at radius 2 is 2.04 bits per heavy atom. The predicted molar refractivity (Wildman–Crippen MR) is 103 cm³/mol. The Hall–Kier alpha value is -2.80. The van der Waals surface area contributed by atoms with Gasteiger partial charge in [0.15, 0.2) is 5.58 Å². The summed E-state index contributed by atoms with van der Waals surface area (Å²) in [6.07, 6.45) is 1.66. The van der Waals surface area contributed by atoms with Crippen molar-refractivity contribution in [2.24, 2.45) is 0 Å². The van der Waals surface area contributed by atoms with E-state index in [4.69, 9.17) is 4.42 Å². The van der Waals surface area contributed by atoms with Crippen LogP contribution in [0.1, 0.15) is 16.9 Å². The van der Waals surface area contributed by atoms with Gasteiger partial charge in [0.25, 0.3) is 0 Å². The Kier molecular flexibility index (Phi) is 4.16. The van der Waals surface area contributed by atoms with Crippen molar-refractivity contribution in [3.63, 3.8) is 0 Å². The van der Waals surface area contributed by atoms with Crippen LogP contribution in [0.15, 0.2) is 46.1 Å². The first kappa shape index (κ1) is 16.7. The molecule has 0 atom stereocenters. The maximum absolute atomic E-state index is 12.3. The second-order valence-corrected chi connectivity index (χ2v) is 7.26. The molecule has 7 heteroatoms. The molecule has 0 saturated carbocycles. The molecule has 3 aromatic heterocycles. The summed E-state index contributed by atoms with van der Waals surface area (Å²) in [7, 11) is 0. The Balaban J connectivity index is 1.52. The molecule has 26 heavy (non-hydrogen) atoms. The summed E-state index contributed by atoms with van der Waals surface area (Å²) in [5.41, 5.74) is 5.68. The summed E-state index contributed by atoms with van der Waals surface area (Å²) in [4.78, 5) is 12.3. The Bertz CT molecular complexity index is 1130. The quantitative estimate of drug-likeness (QED) is 0.550. The lowest BCUT2D eigenvalue weighted by molar-refractivity contribution is -0.113. The maximum atomic E-state index is 12.3. The number of carbonyl (C=O) groups excluding carboxylic acids is 1. The molecule has 4 aromatic rings. The van der Waals surface area contributed by atoms with Crippen molar-refractivity contribution in [2.75, 3.05) is 11.1 Å². The van der Waals surface area contributed by atoms with E-state index in [1.165, 1.54) is 17.3 Å². The molecule has 3 heterocycles. The highest BCUT2D eigenvalue weighted by Crippen LogP contribution is 2.28. The zero-order valence-electron chi connectivity index (χ0n) is 14.7. The lowest BCUT2D eigenvalue weighted by atomic mass is 10.1. The van der Waals surface area contributed by atoms with Gasteiger partial charge in [-0.3, -0.25) is 9.20 Å². The third-order valence-electron chi connectivity index (χ3n) is 4.18. The van der Waals surface area contributed by atoms with Crippen LogP contribution < -0.4 is 5.32 Å². The third kappa shape index (κ3) is 3.06. The van der Waals surface area contributed by atoms with Crippen molar-refractivity contribution in [1.82, 2.24) is 14.6 Å². The van der Waals surface area contributed by atoms with Gasteiger partial charge in [-0.15, -0.1) is 10.2 Å². The smallest absolute Gasteiger partial charge is 0.234 e. The van der Waals surface area contributed by atoms with Crippen LogP contribution in [-0.4, -0.2) is 26.3 Å². The molecule has 0 fully saturated rings. The molecule has 0 unspecified atom stereocenters. The van der Waals surface area contributed by atoms with Gasteiger partial charge in [0.05, 0.1) is 16.8 Å². The average Bonchev–Trinajstić information content (AvgIpc) is 3.12. The minimum Gasteiger partial charge on any atom is -0.460 e. The Morgan fingerprint density at radius 3 is 2.85 bits per heavy atom. The van der Waals surface area contributed by atoms with Gasteiger partial charge in [-0.25, -0.2) is 0 Å². The number of aromatic nitrogens is 3. The molecule has 0 saturated heterocycles. The van der Waals surface area contributed by atoms with E-state index in [9.17, 15) is 4.79 Å². The van der Waals surface area contributed by atoms with Gasteiger partial charge in [-0.2, -0.15) is 0 Å².